The van der Waals surface area contributed by atoms with Crippen LogP contribution in [-0.2, 0) is 20.8 Å². The Hall–Kier alpha value is -2.35. The Kier molecular flexibility index (Phi) is 3.99. The van der Waals surface area contributed by atoms with Gasteiger partial charge in [0, 0.05) is 30.9 Å². The molecule has 4 rings (SSSR count). The summed E-state index contributed by atoms with van der Waals surface area (Å²) in [6.45, 7) is 2.95. The molecule has 3 heterocycles. The van der Waals surface area contributed by atoms with Crippen molar-refractivity contribution in [3.8, 4) is 11.5 Å². The first-order chi connectivity index (χ1) is 12.1. The van der Waals surface area contributed by atoms with E-state index in [-0.39, 0.29) is 30.1 Å². The van der Waals surface area contributed by atoms with E-state index in [1.807, 2.05) is 6.92 Å². The van der Waals surface area contributed by atoms with Crippen molar-refractivity contribution < 1.29 is 28.5 Å². The zero-order chi connectivity index (χ0) is 17.6. The fraction of sp³-hybridized carbons (Fsp3) is 0.471. The van der Waals surface area contributed by atoms with Crippen molar-refractivity contribution in [1.29, 1.82) is 0 Å². The summed E-state index contributed by atoms with van der Waals surface area (Å²) < 4.78 is 21.6. The third-order valence-electron chi connectivity index (χ3n) is 4.50. The Morgan fingerprint density at radius 3 is 2.72 bits per heavy atom. The average molecular weight is 363 g/mol. The summed E-state index contributed by atoms with van der Waals surface area (Å²) in [6, 6.07) is 3.46. The van der Waals surface area contributed by atoms with Crippen LogP contribution < -0.4 is 9.47 Å². The summed E-state index contributed by atoms with van der Waals surface area (Å²) in [5.41, 5.74) is 1.25. The van der Waals surface area contributed by atoms with Gasteiger partial charge in [0.05, 0.1) is 6.42 Å². The second kappa shape index (κ2) is 6.18. The molecule has 0 radical (unpaired) electrons. The molecule has 1 aromatic rings. The van der Waals surface area contributed by atoms with Crippen LogP contribution in [0.25, 0.3) is 0 Å². The summed E-state index contributed by atoms with van der Waals surface area (Å²) in [7, 11) is 0. The number of rotatable bonds is 2. The summed E-state index contributed by atoms with van der Waals surface area (Å²) in [5.74, 6) is 0.770. The second-order valence-electron chi connectivity index (χ2n) is 6.19. The minimum atomic E-state index is -0.878. The van der Waals surface area contributed by atoms with Crippen LogP contribution in [-0.4, -0.2) is 47.4 Å². The molecule has 1 fully saturated rings. The molecule has 0 saturated carbocycles. The number of hydrogen-bond donors (Lipinski definition) is 0. The molecule has 0 unspecified atom stereocenters. The fourth-order valence-electron chi connectivity index (χ4n) is 3.34. The van der Waals surface area contributed by atoms with E-state index in [0.717, 1.165) is 12.0 Å². The number of ketones is 1. The highest BCUT2D eigenvalue weighted by Crippen LogP contribution is 2.37. The van der Waals surface area contributed by atoms with Crippen molar-refractivity contribution in [2.75, 3.05) is 13.3 Å². The van der Waals surface area contributed by atoms with E-state index < -0.39 is 12.2 Å². The monoisotopic (exact) mass is 363 g/mol. The van der Waals surface area contributed by atoms with E-state index in [1.54, 1.807) is 17.0 Å². The lowest BCUT2D eigenvalue weighted by Crippen LogP contribution is -2.43. The molecule has 7 nitrogen and oxygen atoms in total. The second-order valence-corrected chi connectivity index (χ2v) is 6.53. The normalized spacial score (nSPS) is 24.7. The van der Waals surface area contributed by atoms with Crippen molar-refractivity contribution in [2.24, 2.45) is 0 Å². The van der Waals surface area contributed by atoms with Crippen LogP contribution in [0.1, 0.15) is 35.7 Å². The molecule has 0 aliphatic carbocycles. The van der Waals surface area contributed by atoms with Crippen LogP contribution in [0, 0.1) is 0 Å². The van der Waals surface area contributed by atoms with E-state index >= 15 is 0 Å². The molecule has 1 saturated heterocycles. The zero-order valence-electron chi connectivity index (χ0n) is 13.6. The molecule has 3 aliphatic heterocycles. The van der Waals surface area contributed by atoms with Crippen molar-refractivity contribution in [3.05, 3.63) is 23.3 Å². The summed E-state index contributed by atoms with van der Waals surface area (Å²) in [5, 5.41) is -0.0842. The number of hydrogen-bond acceptors (Lipinski definition) is 7. The number of benzene rings is 1. The molecule has 1 aromatic carbocycles. The number of thiocarbonyl (C=S) groups is 1. The van der Waals surface area contributed by atoms with Crippen LogP contribution in [0.15, 0.2) is 12.1 Å². The number of nitrogens with zero attached hydrogens (tertiary/aromatic N) is 1. The van der Waals surface area contributed by atoms with Gasteiger partial charge in [-0.1, -0.05) is 6.92 Å². The lowest BCUT2D eigenvalue weighted by Gasteiger charge is -2.25. The van der Waals surface area contributed by atoms with Gasteiger partial charge in [0.15, 0.2) is 23.4 Å². The van der Waals surface area contributed by atoms with Crippen molar-refractivity contribution in [3.63, 3.8) is 0 Å². The topological polar surface area (TPSA) is 74.3 Å². The standard InChI is InChI=1S/C17H17NO6S/c1-2-3-18-7-9-4-12-13(22-8-21-12)5-10(9)11(19)6-14-15(16(18)20)24-17(25)23-14/h4-5,14-15H,2-3,6-8H2,1H3/t14-,15+/m1/s1. The van der Waals surface area contributed by atoms with Gasteiger partial charge in [-0.15, -0.1) is 0 Å². The predicted octanol–water partition coefficient (Wildman–Crippen LogP) is 1.81. The average Bonchev–Trinajstić information content (AvgIpc) is 3.18. The van der Waals surface area contributed by atoms with Gasteiger partial charge in [0.1, 0.15) is 0 Å². The molecule has 0 N–H and O–H groups in total. The van der Waals surface area contributed by atoms with Gasteiger partial charge in [0.25, 0.3) is 5.91 Å². The maximum Gasteiger partial charge on any atom is 0.353 e. The minimum Gasteiger partial charge on any atom is -0.454 e. The number of fused-ring (bicyclic) bond motifs is 3. The molecule has 1 amide bonds. The van der Waals surface area contributed by atoms with Gasteiger partial charge < -0.3 is 23.8 Å². The first kappa shape index (κ1) is 16.1. The summed E-state index contributed by atoms with van der Waals surface area (Å²) in [4.78, 5) is 27.4. The maximum absolute atomic E-state index is 12.9. The van der Waals surface area contributed by atoms with Gasteiger partial charge in [-0.2, -0.15) is 0 Å². The largest absolute Gasteiger partial charge is 0.454 e. The SMILES string of the molecule is CCCN1Cc2cc3c(cc2C(=O)C[C@H]2OC(=S)O[C@@H]2C1=O)OCO3. The van der Waals surface area contributed by atoms with E-state index in [2.05, 4.69) is 0 Å². The number of Topliss-reactive ketones (excluding diaryl/α,β-unsaturated/α-hetero) is 1. The molecule has 2 atom stereocenters. The Morgan fingerprint density at radius 1 is 1.20 bits per heavy atom. The fourth-order valence-corrected chi connectivity index (χ4v) is 3.57. The van der Waals surface area contributed by atoms with Gasteiger partial charge >= 0.3 is 5.24 Å². The summed E-state index contributed by atoms with van der Waals surface area (Å²) in [6.07, 6.45) is -0.786. The Balaban J connectivity index is 1.78. The van der Waals surface area contributed by atoms with E-state index in [1.165, 1.54) is 0 Å². The summed E-state index contributed by atoms with van der Waals surface area (Å²) >= 11 is 4.93. The molecular weight excluding hydrogens is 346 g/mol. The number of carbonyl (C=O) groups excluding carboxylic acids is 2. The first-order valence-electron chi connectivity index (χ1n) is 8.18. The molecule has 3 aliphatic rings. The van der Waals surface area contributed by atoms with Crippen molar-refractivity contribution >= 4 is 29.1 Å². The quantitative estimate of drug-likeness (QED) is 0.742. The smallest absolute Gasteiger partial charge is 0.353 e. The van der Waals surface area contributed by atoms with Crippen LogP contribution in [0.4, 0.5) is 0 Å². The molecule has 25 heavy (non-hydrogen) atoms. The minimum absolute atomic E-state index is 0.0170. The van der Waals surface area contributed by atoms with E-state index in [4.69, 9.17) is 31.2 Å². The van der Waals surface area contributed by atoms with Crippen LogP contribution >= 0.6 is 12.2 Å². The Labute approximate surface area is 149 Å². The van der Waals surface area contributed by atoms with E-state index in [9.17, 15) is 9.59 Å². The lowest BCUT2D eigenvalue weighted by molar-refractivity contribution is -0.140. The molecule has 8 heteroatoms. The molecule has 0 bridgehead atoms. The van der Waals surface area contributed by atoms with Gasteiger partial charge in [-0.3, -0.25) is 9.59 Å². The Morgan fingerprint density at radius 2 is 1.96 bits per heavy atom. The van der Waals surface area contributed by atoms with Crippen molar-refractivity contribution in [1.82, 2.24) is 4.90 Å². The van der Waals surface area contributed by atoms with Crippen LogP contribution in [0.2, 0.25) is 0 Å². The lowest BCUT2D eigenvalue weighted by atomic mass is 9.98. The first-order valence-corrected chi connectivity index (χ1v) is 8.59. The zero-order valence-corrected chi connectivity index (χ0v) is 14.5. The highest BCUT2D eigenvalue weighted by atomic mass is 32.1. The van der Waals surface area contributed by atoms with E-state index in [0.29, 0.717) is 30.2 Å². The maximum atomic E-state index is 12.9. The van der Waals surface area contributed by atoms with Gasteiger partial charge in [-0.05, 0) is 24.1 Å². The van der Waals surface area contributed by atoms with Crippen LogP contribution in [0.5, 0.6) is 11.5 Å². The van der Waals surface area contributed by atoms with Gasteiger partial charge in [-0.25, -0.2) is 0 Å². The van der Waals surface area contributed by atoms with Gasteiger partial charge in [0.2, 0.25) is 12.9 Å². The third-order valence-corrected chi connectivity index (χ3v) is 4.70. The number of carbonyl (C=O) groups is 2. The predicted molar refractivity (Wildman–Crippen MR) is 89.6 cm³/mol. The van der Waals surface area contributed by atoms with Crippen molar-refractivity contribution in [2.45, 2.75) is 38.5 Å². The molecular formula is C17H17NO6S. The molecule has 0 spiro atoms. The molecule has 132 valence electrons. The van der Waals surface area contributed by atoms with Crippen LogP contribution in [0.3, 0.4) is 0 Å². The third kappa shape index (κ3) is 2.80. The number of ether oxygens (including phenoxy) is 4. The highest BCUT2D eigenvalue weighted by Gasteiger charge is 2.44. The highest BCUT2D eigenvalue weighted by molar-refractivity contribution is 7.79. The number of amides is 1. The molecule has 0 aromatic heterocycles. The Bertz CT molecular complexity index is 764.